The molecular weight excluding hydrogens is 316 g/mol. The van der Waals surface area contributed by atoms with Gasteiger partial charge in [-0.1, -0.05) is 35.4 Å². The van der Waals surface area contributed by atoms with Crippen molar-refractivity contribution in [2.75, 3.05) is 6.67 Å². The molecule has 128 valence electrons. The topological polar surface area (TPSA) is 12.0 Å². The zero-order chi connectivity index (χ0) is 16.8. The number of nitrogens with one attached hydrogen (secondary N) is 1. The summed E-state index contributed by atoms with van der Waals surface area (Å²) in [7, 11) is 0. The fourth-order valence-corrected chi connectivity index (χ4v) is 4.45. The molecule has 0 bridgehead atoms. The molecule has 0 aliphatic carbocycles. The number of hydrogen-bond acceptors (Lipinski definition) is 1. The van der Waals surface area contributed by atoms with Crippen LogP contribution < -0.4 is 22.2 Å². The van der Waals surface area contributed by atoms with Crippen molar-refractivity contribution in [1.82, 2.24) is 9.80 Å². The Bertz CT molecular complexity index is 702. The third-order valence-corrected chi connectivity index (χ3v) is 4.86. The van der Waals surface area contributed by atoms with E-state index >= 15 is 0 Å². The maximum Gasteiger partial charge on any atom is 0.165 e. The summed E-state index contributed by atoms with van der Waals surface area (Å²) in [5.74, 6) is 0. The lowest BCUT2D eigenvalue weighted by Gasteiger charge is -2.35. The van der Waals surface area contributed by atoms with Crippen molar-refractivity contribution in [2.45, 2.75) is 41.5 Å². The van der Waals surface area contributed by atoms with Gasteiger partial charge in [0.2, 0.25) is 0 Å². The first-order valence-corrected chi connectivity index (χ1v) is 8.31. The van der Waals surface area contributed by atoms with Crippen LogP contribution in [0.2, 0.25) is 0 Å². The predicted molar refractivity (Wildman–Crippen MR) is 99.9 cm³/mol. The molecule has 3 rings (SSSR count). The van der Waals surface area contributed by atoms with Crippen LogP contribution in [-0.2, 0) is 0 Å². The van der Waals surface area contributed by atoms with Crippen LogP contribution in [0.1, 0.15) is 33.4 Å². The fourth-order valence-electron chi connectivity index (χ4n) is 4.45. The highest BCUT2D eigenvalue weighted by Gasteiger charge is 2.39. The highest BCUT2D eigenvalue weighted by Crippen LogP contribution is 2.44. The predicted octanol–water partition coefficient (Wildman–Crippen LogP) is 2.21. The van der Waals surface area contributed by atoms with Crippen LogP contribution in [0.3, 0.4) is 0 Å². The van der Waals surface area contributed by atoms with Gasteiger partial charge in [0.25, 0.3) is 0 Å². The number of rotatable bonds is 2. The summed E-state index contributed by atoms with van der Waals surface area (Å²) in [6, 6.07) is 9.20. The first-order valence-electron chi connectivity index (χ1n) is 8.31. The molecule has 3 heteroatoms. The van der Waals surface area contributed by atoms with Gasteiger partial charge in [0.15, 0.2) is 6.67 Å². The number of benzene rings is 2. The molecule has 0 amide bonds. The van der Waals surface area contributed by atoms with E-state index in [0.29, 0.717) is 0 Å². The zero-order valence-electron chi connectivity index (χ0n) is 15.5. The molecule has 2 aromatic carbocycles. The Kier molecular flexibility index (Phi) is 5.12. The van der Waals surface area contributed by atoms with Crippen molar-refractivity contribution in [1.29, 1.82) is 0 Å². The average molecular weight is 343 g/mol. The van der Waals surface area contributed by atoms with Gasteiger partial charge in [-0.25, -0.2) is 4.48 Å². The molecule has 1 aliphatic rings. The van der Waals surface area contributed by atoms with Crippen LogP contribution in [0, 0.1) is 41.5 Å². The van der Waals surface area contributed by atoms with Crippen LogP contribution >= 0.6 is 0 Å². The third kappa shape index (κ3) is 2.85. The summed E-state index contributed by atoms with van der Waals surface area (Å²) in [5, 5.41) is 3.44. The molecule has 0 saturated heterocycles. The van der Waals surface area contributed by atoms with Gasteiger partial charge in [0.1, 0.15) is 17.6 Å². The lowest BCUT2D eigenvalue weighted by molar-refractivity contribution is -0.00000509. The molecule has 1 aliphatic heterocycles. The maximum absolute atomic E-state index is 3.44. The molecule has 0 spiro atoms. The summed E-state index contributed by atoms with van der Waals surface area (Å²) in [4.78, 5) is 0. The molecule has 2 aromatic rings. The molecular formula is C21H27ClN2. The van der Waals surface area contributed by atoms with Gasteiger partial charge in [-0.05, 0) is 41.5 Å². The van der Waals surface area contributed by atoms with E-state index in [-0.39, 0.29) is 12.4 Å². The Morgan fingerprint density at radius 1 is 0.708 bits per heavy atom. The summed E-state index contributed by atoms with van der Waals surface area (Å²) in [6.45, 7) is 14.2. The number of quaternary nitrogens is 1. The van der Waals surface area contributed by atoms with Crippen LogP contribution in [0.15, 0.2) is 36.7 Å². The van der Waals surface area contributed by atoms with Crippen molar-refractivity contribution in [2.24, 2.45) is 0 Å². The van der Waals surface area contributed by atoms with Gasteiger partial charge in [-0.15, -0.1) is 0 Å². The summed E-state index contributed by atoms with van der Waals surface area (Å²) >= 11 is 0. The molecule has 1 heterocycles. The van der Waals surface area contributed by atoms with E-state index in [9.17, 15) is 0 Å². The van der Waals surface area contributed by atoms with Crippen LogP contribution in [0.25, 0.3) is 0 Å². The minimum absolute atomic E-state index is 0. The average Bonchev–Trinajstić information content (AvgIpc) is 2.85. The monoisotopic (exact) mass is 342 g/mol. The lowest BCUT2D eigenvalue weighted by atomic mass is 9.98. The normalized spacial score (nSPS) is 15.1. The second kappa shape index (κ2) is 6.62. The van der Waals surface area contributed by atoms with Gasteiger partial charge in [-0.3, -0.25) is 0 Å². The maximum atomic E-state index is 3.44. The van der Waals surface area contributed by atoms with Crippen LogP contribution in [0.5, 0.6) is 0 Å². The molecule has 0 atom stereocenters. The van der Waals surface area contributed by atoms with Gasteiger partial charge in [0.05, 0.1) is 6.20 Å². The second-order valence-electron chi connectivity index (χ2n) is 7.04. The first kappa shape index (κ1) is 18.6. The Morgan fingerprint density at radius 2 is 1.08 bits per heavy atom. The van der Waals surface area contributed by atoms with Crippen molar-refractivity contribution in [3.8, 4) is 0 Å². The van der Waals surface area contributed by atoms with Crippen LogP contribution in [0.4, 0.5) is 11.4 Å². The Balaban J connectivity index is 0.00000208. The van der Waals surface area contributed by atoms with Crippen molar-refractivity contribution < 1.29 is 12.4 Å². The molecule has 0 unspecified atom stereocenters. The highest BCUT2D eigenvalue weighted by molar-refractivity contribution is 5.73. The standard InChI is InChI=1S/C21H27N2.ClH/c1-14-9-16(3)20(17(4)10-14)23(8-7-22-13-23)21-18(5)11-15(2)12-19(21)6;/h7-12,22H,13H2,1-6H3;1H/q+1;/p-1. The van der Waals surface area contributed by atoms with E-state index in [2.05, 4.69) is 83.5 Å². The van der Waals surface area contributed by atoms with E-state index in [1.54, 1.807) is 0 Å². The number of aryl methyl sites for hydroxylation is 6. The first-order chi connectivity index (χ1) is 10.8. The summed E-state index contributed by atoms with van der Waals surface area (Å²) < 4.78 is 0.760. The molecule has 0 saturated carbocycles. The summed E-state index contributed by atoms with van der Waals surface area (Å²) in [5.41, 5.74) is 10.9. The Morgan fingerprint density at radius 3 is 1.38 bits per heavy atom. The third-order valence-electron chi connectivity index (χ3n) is 4.86. The number of nitrogens with zero attached hydrogens (tertiary/aromatic N) is 1. The van der Waals surface area contributed by atoms with Gasteiger partial charge < -0.3 is 17.7 Å². The van der Waals surface area contributed by atoms with Gasteiger partial charge in [0, 0.05) is 22.3 Å². The van der Waals surface area contributed by atoms with E-state index < -0.39 is 0 Å². The minimum Gasteiger partial charge on any atom is -1.00 e. The quantitative estimate of drug-likeness (QED) is 0.825. The molecule has 0 fully saturated rings. The number of halogens is 1. The van der Waals surface area contributed by atoms with E-state index in [1.165, 1.54) is 44.8 Å². The zero-order valence-corrected chi connectivity index (χ0v) is 16.3. The lowest BCUT2D eigenvalue weighted by Crippen LogP contribution is -3.00. The van der Waals surface area contributed by atoms with E-state index in [4.69, 9.17) is 0 Å². The molecule has 0 aromatic heterocycles. The molecule has 0 radical (unpaired) electrons. The van der Waals surface area contributed by atoms with Crippen LogP contribution in [-0.4, -0.2) is 6.67 Å². The largest absolute Gasteiger partial charge is 1.00 e. The fraction of sp³-hybridized carbons (Fsp3) is 0.333. The van der Waals surface area contributed by atoms with Crippen molar-refractivity contribution in [3.05, 3.63) is 70.0 Å². The molecule has 2 nitrogen and oxygen atoms in total. The molecule has 24 heavy (non-hydrogen) atoms. The van der Waals surface area contributed by atoms with E-state index in [0.717, 1.165) is 11.2 Å². The molecule has 1 N–H and O–H groups in total. The van der Waals surface area contributed by atoms with Gasteiger partial charge >= 0.3 is 0 Å². The second-order valence-corrected chi connectivity index (χ2v) is 7.04. The Hall–Kier alpha value is -1.77. The van der Waals surface area contributed by atoms with E-state index in [1.807, 2.05) is 0 Å². The van der Waals surface area contributed by atoms with Crippen molar-refractivity contribution >= 4 is 11.4 Å². The smallest absolute Gasteiger partial charge is 0.165 e. The number of hydrogen-bond donors (Lipinski definition) is 1. The highest BCUT2D eigenvalue weighted by atomic mass is 35.5. The SMILES string of the molecule is Cc1cc(C)c([N+]2(c3c(C)cc(C)cc3C)C=CNC2)c(C)c1.[Cl-]. The summed E-state index contributed by atoms with van der Waals surface area (Å²) in [6.07, 6.45) is 4.40. The van der Waals surface area contributed by atoms with Crippen molar-refractivity contribution in [3.63, 3.8) is 0 Å². The minimum atomic E-state index is 0. The Labute approximate surface area is 152 Å². The van der Waals surface area contributed by atoms with Gasteiger partial charge in [-0.2, -0.15) is 0 Å².